The van der Waals surface area contributed by atoms with Crippen molar-refractivity contribution in [2.75, 3.05) is 12.0 Å². The van der Waals surface area contributed by atoms with E-state index >= 15 is 0 Å². The second-order valence-corrected chi connectivity index (χ2v) is 6.58. The van der Waals surface area contributed by atoms with Gasteiger partial charge in [-0.25, -0.2) is 0 Å². The van der Waals surface area contributed by atoms with Crippen LogP contribution in [0.25, 0.3) is 0 Å². The van der Waals surface area contributed by atoms with E-state index in [-0.39, 0.29) is 17.5 Å². The van der Waals surface area contributed by atoms with Gasteiger partial charge < -0.3 is 11.1 Å². The molecule has 0 rings (SSSR count). The molecule has 0 fully saturated rings. The SMILES string of the molecule is CC(CCS(C)=O)NC(=O)CCC(C)(C)N. The Labute approximate surface area is 101 Å². The standard InChI is InChI=1S/C11H24N2O2S/c1-9(6-8-16(4)15)13-10(14)5-7-11(2,3)12/h9H,5-8,12H2,1-4H3,(H,13,14). The van der Waals surface area contributed by atoms with Crippen LogP contribution in [0.3, 0.4) is 0 Å². The second kappa shape index (κ2) is 7.01. The van der Waals surface area contributed by atoms with E-state index in [1.807, 2.05) is 20.8 Å². The molecule has 0 aliphatic rings. The van der Waals surface area contributed by atoms with Gasteiger partial charge in [0.2, 0.25) is 5.91 Å². The average molecular weight is 248 g/mol. The number of rotatable bonds is 7. The van der Waals surface area contributed by atoms with Crippen molar-refractivity contribution < 1.29 is 9.00 Å². The number of carbonyl (C=O) groups excluding carboxylic acids is 1. The van der Waals surface area contributed by atoms with Gasteiger partial charge in [-0.3, -0.25) is 9.00 Å². The van der Waals surface area contributed by atoms with E-state index in [1.165, 1.54) is 0 Å². The van der Waals surface area contributed by atoms with Crippen molar-refractivity contribution in [2.24, 2.45) is 5.73 Å². The molecule has 96 valence electrons. The van der Waals surface area contributed by atoms with E-state index in [2.05, 4.69) is 5.32 Å². The van der Waals surface area contributed by atoms with Crippen LogP contribution in [-0.2, 0) is 15.6 Å². The summed E-state index contributed by atoms with van der Waals surface area (Å²) < 4.78 is 10.9. The predicted octanol–water partition coefficient (Wildman–Crippen LogP) is 0.777. The van der Waals surface area contributed by atoms with Crippen molar-refractivity contribution in [3.05, 3.63) is 0 Å². The van der Waals surface area contributed by atoms with Crippen molar-refractivity contribution in [1.29, 1.82) is 0 Å². The average Bonchev–Trinajstić information content (AvgIpc) is 2.10. The first-order valence-corrected chi connectivity index (χ1v) is 7.31. The van der Waals surface area contributed by atoms with Crippen molar-refractivity contribution in [1.82, 2.24) is 5.32 Å². The smallest absolute Gasteiger partial charge is 0.220 e. The summed E-state index contributed by atoms with van der Waals surface area (Å²) in [5.41, 5.74) is 5.49. The van der Waals surface area contributed by atoms with Gasteiger partial charge in [0.05, 0.1) is 0 Å². The first-order chi connectivity index (χ1) is 7.20. The summed E-state index contributed by atoms with van der Waals surface area (Å²) in [5, 5.41) is 2.88. The topological polar surface area (TPSA) is 72.2 Å². The Bertz CT molecular complexity index is 249. The maximum Gasteiger partial charge on any atom is 0.220 e. The van der Waals surface area contributed by atoms with Crippen LogP contribution in [0.5, 0.6) is 0 Å². The lowest BCUT2D eigenvalue weighted by Crippen LogP contribution is -2.37. The normalized spacial score (nSPS) is 15.6. The van der Waals surface area contributed by atoms with Crippen molar-refractivity contribution >= 4 is 16.7 Å². The van der Waals surface area contributed by atoms with Gasteiger partial charge in [0.25, 0.3) is 0 Å². The van der Waals surface area contributed by atoms with Gasteiger partial charge in [-0.15, -0.1) is 0 Å². The molecule has 16 heavy (non-hydrogen) atoms. The van der Waals surface area contributed by atoms with Crippen LogP contribution in [0.15, 0.2) is 0 Å². The molecule has 0 aromatic carbocycles. The molecule has 0 bridgehead atoms. The van der Waals surface area contributed by atoms with E-state index in [0.29, 0.717) is 18.6 Å². The molecule has 2 unspecified atom stereocenters. The summed E-state index contributed by atoms with van der Waals surface area (Å²) in [4.78, 5) is 11.5. The lowest BCUT2D eigenvalue weighted by molar-refractivity contribution is -0.122. The van der Waals surface area contributed by atoms with Crippen LogP contribution in [-0.4, -0.2) is 33.7 Å². The first-order valence-electron chi connectivity index (χ1n) is 5.59. The fourth-order valence-corrected chi connectivity index (χ4v) is 1.88. The molecule has 5 heteroatoms. The Kier molecular flexibility index (Phi) is 6.83. The van der Waals surface area contributed by atoms with E-state index in [0.717, 1.165) is 6.42 Å². The van der Waals surface area contributed by atoms with Crippen LogP contribution < -0.4 is 11.1 Å². The zero-order valence-corrected chi connectivity index (χ0v) is 11.5. The summed E-state index contributed by atoms with van der Waals surface area (Å²) in [6.07, 6.45) is 3.54. The highest BCUT2D eigenvalue weighted by Gasteiger charge is 2.14. The van der Waals surface area contributed by atoms with Crippen LogP contribution in [0.2, 0.25) is 0 Å². The fourth-order valence-electron chi connectivity index (χ4n) is 1.20. The maximum atomic E-state index is 11.5. The van der Waals surface area contributed by atoms with Gasteiger partial charge in [0.1, 0.15) is 0 Å². The quantitative estimate of drug-likeness (QED) is 0.699. The Morgan fingerprint density at radius 1 is 1.50 bits per heavy atom. The number of hydrogen-bond acceptors (Lipinski definition) is 3. The second-order valence-electron chi connectivity index (χ2n) is 5.02. The van der Waals surface area contributed by atoms with Gasteiger partial charge in [-0.1, -0.05) is 0 Å². The zero-order valence-electron chi connectivity index (χ0n) is 10.7. The summed E-state index contributed by atoms with van der Waals surface area (Å²) in [5.74, 6) is 0.650. The maximum absolute atomic E-state index is 11.5. The largest absolute Gasteiger partial charge is 0.354 e. The minimum atomic E-state index is -0.790. The Balaban J connectivity index is 3.74. The number of nitrogens with one attached hydrogen (secondary N) is 1. The van der Waals surface area contributed by atoms with Gasteiger partial charge >= 0.3 is 0 Å². The Morgan fingerprint density at radius 2 is 2.06 bits per heavy atom. The highest BCUT2D eigenvalue weighted by atomic mass is 32.2. The molecule has 0 aliphatic carbocycles. The van der Waals surface area contributed by atoms with Crippen LogP contribution in [0.1, 0.15) is 40.0 Å². The molecular weight excluding hydrogens is 224 g/mol. The molecule has 2 atom stereocenters. The zero-order chi connectivity index (χ0) is 12.8. The van der Waals surface area contributed by atoms with Crippen LogP contribution >= 0.6 is 0 Å². The molecule has 0 aromatic rings. The third-order valence-electron chi connectivity index (χ3n) is 2.24. The summed E-state index contributed by atoms with van der Waals surface area (Å²) in [6.45, 7) is 5.74. The number of amides is 1. The molecule has 0 heterocycles. The summed E-state index contributed by atoms with van der Waals surface area (Å²) in [7, 11) is -0.790. The minimum Gasteiger partial charge on any atom is -0.354 e. The lowest BCUT2D eigenvalue weighted by Gasteiger charge is -2.19. The van der Waals surface area contributed by atoms with Gasteiger partial charge in [0, 0.05) is 40.8 Å². The molecular formula is C11H24N2O2S. The molecule has 0 saturated carbocycles. The third-order valence-corrected chi connectivity index (χ3v) is 3.05. The molecule has 4 nitrogen and oxygen atoms in total. The van der Waals surface area contributed by atoms with E-state index in [4.69, 9.17) is 5.73 Å². The molecule has 0 spiro atoms. The van der Waals surface area contributed by atoms with E-state index < -0.39 is 10.8 Å². The predicted molar refractivity (Wildman–Crippen MR) is 68.7 cm³/mol. The summed E-state index contributed by atoms with van der Waals surface area (Å²) >= 11 is 0. The first kappa shape index (κ1) is 15.6. The van der Waals surface area contributed by atoms with Gasteiger partial charge in [-0.05, 0) is 33.6 Å². The van der Waals surface area contributed by atoms with Gasteiger partial charge in [0.15, 0.2) is 0 Å². The Morgan fingerprint density at radius 3 is 2.50 bits per heavy atom. The molecule has 0 aromatic heterocycles. The number of hydrogen-bond donors (Lipinski definition) is 2. The molecule has 0 aliphatic heterocycles. The Hall–Kier alpha value is -0.420. The van der Waals surface area contributed by atoms with Crippen molar-refractivity contribution in [2.45, 2.75) is 51.6 Å². The van der Waals surface area contributed by atoms with Crippen LogP contribution in [0, 0.1) is 0 Å². The fraction of sp³-hybridized carbons (Fsp3) is 0.909. The van der Waals surface area contributed by atoms with Gasteiger partial charge in [-0.2, -0.15) is 0 Å². The number of carbonyl (C=O) groups is 1. The third kappa shape index (κ3) is 10.1. The highest BCUT2D eigenvalue weighted by Crippen LogP contribution is 2.06. The molecule has 1 amide bonds. The van der Waals surface area contributed by atoms with E-state index in [9.17, 15) is 9.00 Å². The highest BCUT2D eigenvalue weighted by molar-refractivity contribution is 7.84. The van der Waals surface area contributed by atoms with E-state index in [1.54, 1.807) is 6.26 Å². The lowest BCUT2D eigenvalue weighted by atomic mass is 10.00. The minimum absolute atomic E-state index is 0.0212. The van der Waals surface area contributed by atoms with Crippen molar-refractivity contribution in [3.8, 4) is 0 Å². The molecule has 0 radical (unpaired) electrons. The number of nitrogens with two attached hydrogens (primary N) is 1. The molecule has 3 N–H and O–H groups in total. The van der Waals surface area contributed by atoms with Crippen LogP contribution in [0.4, 0.5) is 0 Å². The summed E-state index contributed by atoms with van der Waals surface area (Å²) in [6, 6.07) is 0.0808. The van der Waals surface area contributed by atoms with Crippen molar-refractivity contribution in [3.63, 3.8) is 0 Å². The molecule has 0 saturated heterocycles. The monoisotopic (exact) mass is 248 g/mol.